The van der Waals surface area contributed by atoms with Crippen LogP contribution in [-0.2, 0) is 0 Å². The van der Waals surface area contributed by atoms with Gasteiger partial charge in [0.25, 0.3) is 0 Å². The van der Waals surface area contributed by atoms with E-state index in [0.29, 0.717) is 18.3 Å². The molecule has 3 nitrogen and oxygen atoms in total. The van der Waals surface area contributed by atoms with Crippen LogP contribution in [0.3, 0.4) is 0 Å². The molecule has 1 saturated heterocycles. The molecule has 1 aromatic heterocycles. The van der Waals surface area contributed by atoms with Crippen molar-refractivity contribution in [1.29, 1.82) is 0 Å². The first kappa shape index (κ1) is 13.2. The fraction of sp³-hybridized carbons (Fsp3) is 0.545. The maximum absolute atomic E-state index is 13.1. The zero-order valence-corrected chi connectivity index (χ0v) is 9.80. The van der Waals surface area contributed by atoms with Crippen molar-refractivity contribution in [3.63, 3.8) is 0 Å². The number of nitrogens with zero attached hydrogens (tertiary/aromatic N) is 1. The monoisotopic (exact) mass is 246 g/mol. The maximum atomic E-state index is 13.1. The number of pyridine rings is 1. The number of piperidine rings is 1. The van der Waals surface area contributed by atoms with Crippen LogP contribution in [0.2, 0.25) is 0 Å². The van der Waals surface area contributed by atoms with Gasteiger partial charge in [0.15, 0.2) is 11.6 Å². The summed E-state index contributed by atoms with van der Waals surface area (Å²) in [5.41, 5.74) is 0. The maximum Gasteiger partial charge on any atom is 0.183 e. The molecule has 16 heavy (non-hydrogen) atoms. The van der Waals surface area contributed by atoms with Crippen LogP contribution in [0.15, 0.2) is 18.5 Å². The Morgan fingerprint density at radius 3 is 2.88 bits per heavy atom. The summed E-state index contributed by atoms with van der Waals surface area (Å²) < 4.78 is 18.6. The predicted molar refractivity (Wildman–Crippen MR) is 62.5 cm³/mol. The summed E-state index contributed by atoms with van der Waals surface area (Å²) >= 11 is 0. The van der Waals surface area contributed by atoms with Gasteiger partial charge in [0.2, 0.25) is 0 Å². The SMILES string of the molecule is Cl.Fc1cnccc1OCC1CCNCC1. The highest BCUT2D eigenvalue weighted by atomic mass is 35.5. The number of hydrogen-bond acceptors (Lipinski definition) is 3. The van der Waals surface area contributed by atoms with E-state index >= 15 is 0 Å². The summed E-state index contributed by atoms with van der Waals surface area (Å²) in [7, 11) is 0. The van der Waals surface area contributed by atoms with Gasteiger partial charge in [-0.15, -0.1) is 12.4 Å². The van der Waals surface area contributed by atoms with Crippen molar-refractivity contribution >= 4 is 12.4 Å². The topological polar surface area (TPSA) is 34.1 Å². The second-order valence-electron chi connectivity index (χ2n) is 3.81. The number of aromatic nitrogens is 1. The van der Waals surface area contributed by atoms with Gasteiger partial charge in [0, 0.05) is 12.3 Å². The van der Waals surface area contributed by atoms with Gasteiger partial charge >= 0.3 is 0 Å². The molecule has 0 saturated carbocycles. The lowest BCUT2D eigenvalue weighted by molar-refractivity contribution is 0.208. The number of rotatable bonds is 3. The van der Waals surface area contributed by atoms with Crippen LogP contribution in [0.5, 0.6) is 5.75 Å². The Labute approximate surface area is 101 Å². The first-order chi connectivity index (χ1) is 7.36. The zero-order valence-electron chi connectivity index (χ0n) is 8.99. The molecule has 0 aromatic carbocycles. The number of hydrogen-bond donors (Lipinski definition) is 1. The molecule has 0 aliphatic carbocycles. The van der Waals surface area contributed by atoms with Crippen LogP contribution in [0, 0.1) is 11.7 Å². The largest absolute Gasteiger partial charge is 0.490 e. The van der Waals surface area contributed by atoms with Crippen LogP contribution in [0.4, 0.5) is 4.39 Å². The van der Waals surface area contributed by atoms with Crippen molar-refractivity contribution < 1.29 is 9.13 Å². The zero-order chi connectivity index (χ0) is 10.5. The van der Waals surface area contributed by atoms with E-state index in [1.54, 1.807) is 12.3 Å². The first-order valence-electron chi connectivity index (χ1n) is 5.29. The molecule has 1 aliphatic rings. The summed E-state index contributed by atoms with van der Waals surface area (Å²) in [5.74, 6) is 0.466. The third kappa shape index (κ3) is 3.61. The molecule has 0 bridgehead atoms. The van der Waals surface area contributed by atoms with E-state index in [-0.39, 0.29) is 18.2 Å². The average molecular weight is 247 g/mol. The number of halogens is 2. The molecular weight excluding hydrogens is 231 g/mol. The molecule has 0 spiro atoms. The van der Waals surface area contributed by atoms with E-state index in [1.807, 2.05) is 0 Å². The van der Waals surface area contributed by atoms with Crippen LogP contribution >= 0.6 is 12.4 Å². The molecule has 2 rings (SSSR count). The summed E-state index contributed by atoms with van der Waals surface area (Å²) in [6, 6.07) is 1.57. The Balaban J connectivity index is 0.00000128. The van der Waals surface area contributed by atoms with Crippen molar-refractivity contribution in [3.8, 4) is 5.75 Å². The predicted octanol–water partition coefficient (Wildman–Crippen LogP) is 2.02. The fourth-order valence-corrected chi connectivity index (χ4v) is 1.74. The van der Waals surface area contributed by atoms with Crippen LogP contribution in [0.1, 0.15) is 12.8 Å². The molecule has 1 fully saturated rings. The van der Waals surface area contributed by atoms with Crippen LogP contribution in [0.25, 0.3) is 0 Å². The standard InChI is InChI=1S/C11H15FN2O.ClH/c12-10-7-14-6-3-11(10)15-8-9-1-4-13-5-2-9;/h3,6-7,9,13H,1-2,4-5,8H2;1H. The molecule has 0 radical (unpaired) electrons. The third-order valence-corrected chi connectivity index (χ3v) is 2.67. The van der Waals surface area contributed by atoms with Gasteiger partial charge < -0.3 is 10.1 Å². The van der Waals surface area contributed by atoms with Crippen molar-refractivity contribution in [2.45, 2.75) is 12.8 Å². The minimum absolute atomic E-state index is 0. The van der Waals surface area contributed by atoms with E-state index < -0.39 is 0 Å². The van der Waals surface area contributed by atoms with Crippen molar-refractivity contribution in [2.24, 2.45) is 5.92 Å². The molecule has 0 amide bonds. The van der Waals surface area contributed by atoms with E-state index in [9.17, 15) is 4.39 Å². The first-order valence-corrected chi connectivity index (χ1v) is 5.29. The molecule has 1 aliphatic heterocycles. The number of nitrogens with one attached hydrogen (secondary N) is 1. The fourth-order valence-electron chi connectivity index (χ4n) is 1.74. The minimum atomic E-state index is -0.383. The highest BCUT2D eigenvalue weighted by molar-refractivity contribution is 5.85. The van der Waals surface area contributed by atoms with Gasteiger partial charge in [0.1, 0.15) is 0 Å². The van der Waals surface area contributed by atoms with Crippen LogP contribution in [-0.4, -0.2) is 24.7 Å². The van der Waals surface area contributed by atoms with Crippen molar-refractivity contribution in [1.82, 2.24) is 10.3 Å². The van der Waals surface area contributed by atoms with Gasteiger partial charge in [0.05, 0.1) is 12.8 Å². The Bertz CT molecular complexity index is 319. The molecule has 1 aromatic rings. The van der Waals surface area contributed by atoms with Gasteiger partial charge in [-0.2, -0.15) is 0 Å². The van der Waals surface area contributed by atoms with E-state index in [1.165, 1.54) is 6.20 Å². The Kier molecular flexibility index (Phi) is 5.49. The highest BCUT2D eigenvalue weighted by Gasteiger charge is 2.14. The number of ether oxygens (including phenoxy) is 1. The summed E-state index contributed by atoms with van der Waals surface area (Å²) in [4.78, 5) is 3.67. The molecule has 90 valence electrons. The molecule has 0 atom stereocenters. The van der Waals surface area contributed by atoms with Crippen molar-refractivity contribution in [3.05, 3.63) is 24.3 Å². The van der Waals surface area contributed by atoms with Crippen molar-refractivity contribution in [2.75, 3.05) is 19.7 Å². The van der Waals surface area contributed by atoms with Crippen LogP contribution < -0.4 is 10.1 Å². The average Bonchev–Trinajstić information content (AvgIpc) is 2.29. The lowest BCUT2D eigenvalue weighted by atomic mass is 9.99. The molecular formula is C11H16ClFN2O. The summed E-state index contributed by atoms with van der Waals surface area (Å²) in [5, 5.41) is 3.28. The normalized spacial score (nSPS) is 16.6. The Morgan fingerprint density at radius 2 is 2.19 bits per heavy atom. The van der Waals surface area contributed by atoms with E-state index in [2.05, 4.69) is 10.3 Å². The van der Waals surface area contributed by atoms with E-state index in [0.717, 1.165) is 25.9 Å². The Morgan fingerprint density at radius 1 is 1.44 bits per heavy atom. The van der Waals surface area contributed by atoms with Gasteiger partial charge in [-0.3, -0.25) is 4.98 Å². The minimum Gasteiger partial charge on any atom is -0.490 e. The van der Waals surface area contributed by atoms with Gasteiger partial charge in [-0.25, -0.2) is 4.39 Å². The summed E-state index contributed by atoms with van der Waals surface area (Å²) in [6.07, 6.45) is 4.93. The highest BCUT2D eigenvalue weighted by Crippen LogP contribution is 2.18. The molecule has 1 N–H and O–H groups in total. The lowest BCUT2D eigenvalue weighted by Crippen LogP contribution is -2.30. The quantitative estimate of drug-likeness (QED) is 0.886. The van der Waals surface area contributed by atoms with E-state index in [4.69, 9.17) is 4.74 Å². The second-order valence-corrected chi connectivity index (χ2v) is 3.81. The molecule has 5 heteroatoms. The lowest BCUT2D eigenvalue weighted by Gasteiger charge is -2.22. The third-order valence-electron chi connectivity index (χ3n) is 2.67. The second kappa shape index (κ2) is 6.66. The van der Waals surface area contributed by atoms with Gasteiger partial charge in [-0.05, 0) is 31.8 Å². The van der Waals surface area contributed by atoms with Gasteiger partial charge in [-0.1, -0.05) is 0 Å². The molecule has 0 unspecified atom stereocenters. The smallest absolute Gasteiger partial charge is 0.183 e. The Hall–Kier alpha value is -0.870. The summed E-state index contributed by atoms with van der Waals surface area (Å²) in [6.45, 7) is 2.67. The molecule has 2 heterocycles.